The van der Waals surface area contributed by atoms with E-state index in [9.17, 15) is 14.7 Å². The number of carbonyl (C=O) groups excluding carboxylic acids is 2. The van der Waals surface area contributed by atoms with Crippen molar-refractivity contribution in [1.29, 1.82) is 0 Å². The van der Waals surface area contributed by atoms with E-state index in [0.29, 0.717) is 13.0 Å². The monoisotopic (exact) mass is 493 g/mol. The number of carbonyl (C=O) groups is 2. The third kappa shape index (κ3) is 3.98. The minimum Gasteiger partial charge on any atom is -0.507 e. The van der Waals surface area contributed by atoms with Crippen LogP contribution in [0, 0.1) is 17.8 Å². The minimum absolute atomic E-state index is 0.00431. The van der Waals surface area contributed by atoms with E-state index >= 15 is 0 Å². The van der Waals surface area contributed by atoms with E-state index in [1.807, 2.05) is 48.5 Å². The van der Waals surface area contributed by atoms with Crippen molar-refractivity contribution in [2.45, 2.75) is 32.3 Å². The van der Waals surface area contributed by atoms with Crippen molar-refractivity contribution in [3.05, 3.63) is 89.0 Å². The molecule has 2 saturated heterocycles. The molecule has 0 saturated carbocycles. The van der Waals surface area contributed by atoms with Gasteiger partial charge in [0.05, 0.1) is 24.5 Å². The summed E-state index contributed by atoms with van der Waals surface area (Å²) in [5.74, 6) is -0.353. The van der Waals surface area contributed by atoms with E-state index in [-0.39, 0.29) is 41.4 Å². The second-order valence-electron chi connectivity index (χ2n) is 10.5. The highest BCUT2D eigenvalue weighted by Gasteiger charge is 2.55. The van der Waals surface area contributed by atoms with Gasteiger partial charge in [-0.3, -0.25) is 14.5 Å². The molecule has 1 N–H and O–H groups in total. The Labute approximate surface area is 217 Å². The molecule has 0 bridgehead atoms. The summed E-state index contributed by atoms with van der Waals surface area (Å²) in [5, 5.41) is 12.2. The number of aromatic hydroxyl groups is 1. The van der Waals surface area contributed by atoms with Gasteiger partial charge in [-0.05, 0) is 59.9 Å². The third-order valence-electron chi connectivity index (χ3n) is 8.46. The number of nitrogens with zero attached hydrogens (tertiary/aromatic N) is 1. The average Bonchev–Trinajstić information content (AvgIpc) is 3.44. The first-order valence-corrected chi connectivity index (χ1v) is 13.0. The maximum atomic E-state index is 12.9. The van der Waals surface area contributed by atoms with Crippen molar-refractivity contribution >= 4 is 34.2 Å². The fourth-order valence-corrected chi connectivity index (χ4v) is 6.65. The van der Waals surface area contributed by atoms with E-state index in [2.05, 4.69) is 25.1 Å². The zero-order valence-corrected chi connectivity index (χ0v) is 21.2. The van der Waals surface area contributed by atoms with E-state index in [1.54, 1.807) is 13.1 Å². The zero-order chi connectivity index (χ0) is 25.7. The van der Waals surface area contributed by atoms with Gasteiger partial charge in [0.25, 0.3) is 0 Å². The number of imide groups is 1. The summed E-state index contributed by atoms with van der Waals surface area (Å²) in [6.07, 6.45) is 4.41. The van der Waals surface area contributed by atoms with Crippen molar-refractivity contribution in [2.24, 2.45) is 17.8 Å². The van der Waals surface area contributed by atoms with Gasteiger partial charge in [0, 0.05) is 18.4 Å². The van der Waals surface area contributed by atoms with Crippen LogP contribution in [-0.2, 0) is 14.3 Å². The summed E-state index contributed by atoms with van der Waals surface area (Å²) in [6, 6.07) is 22.0. The first-order chi connectivity index (χ1) is 17.9. The van der Waals surface area contributed by atoms with Gasteiger partial charge in [0.1, 0.15) is 5.75 Å². The van der Waals surface area contributed by atoms with Gasteiger partial charge in [-0.15, -0.1) is 0 Å². The molecule has 2 fully saturated rings. The molecule has 0 unspecified atom stereocenters. The summed E-state index contributed by atoms with van der Waals surface area (Å²) in [6.45, 7) is 2.60. The lowest BCUT2D eigenvalue weighted by molar-refractivity contribution is -0.138. The first kappa shape index (κ1) is 23.7. The molecule has 3 aromatic carbocycles. The van der Waals surface area contributed by atoms with Crippen LogP contribution in [0.15, 0.2) is 77.9 Å². The standard InChI is InChI=1S/C32H31NO4/c1-19-16-25-30(32(36)33(2)31(25)35)26-18-37-28(29(19)26)15-13-21(20-8-4-3-5-9-20)17-22-12-14-27(34)24-11-7-6-10-23(22)24/h3-12,14,17,25-26,28,30,34H,13,15-16,18H2,1-2H3/b21-17-/t25-,26+,28-,30-/m1/s1. The van der Waals surface area contributed by atoms with Gasteiger partial charge in [-0.1, -0.05) is 72.3 Å². The average molecular weight is 494 g/mol. The van der Waals surface area contributed by atoms with Crippen molar-refractivity contribution in [3.8, 4) is 5.75 Å². The van der Waals surface area contributed by atoms with Gasteiger partial charge in [0.15, 0.2) is 0 Å². The Kier molecular flexibility index (Phi) is 5.96. The molecule has 2 amide bonds. The molecule has 0 radical (unpaired) electrons. The van der Waals surface area contributed by atoms with Crippen LogP contribution in [0.3, 0.4) is 0 Å². The van der Waals surface area contributed by atoms with E-state index in [0.717, 1.165) is 34.7 Å². The van der Waals surface area contributed by atoms with E-state index in [1.165, 1.54) is 21.6 Å². The second kappa shape index (κ2) is 9.31. The molecule has 37 heavy (non-hydrogen) atoms. The summed E-state index contributed by atoms with van der Waals surface area (Å²) < 4.78 is 6.32. The van der Waals surface area contributed by atoms with Crippen LogP contribution in [0.25, 0.3) is 22.4 Å². The van der Waals surface area contributed by atoms with Crippen molar-refractivity contribution in [3.63, 3.8) is 0 Å². The Balaban J connectivity index is 1.31. The van der Waals surface area contributed by atoms with Crippen LogP contribution in [0.4, 0.5) is 0 Å². The predicted octanol–water partition coefficient (Wildman–Crippen LogP) is 5.83. The van der Waals surface area contributed by atoms with Crippen molar-refractivity contribution in [1.82, 2.24) is 4.90 Å². The van der Waals surface area contributed by atoms with Crippen LogP contribution < -0.4 is 0 Å². The molecule has 6 rings (SSSR count). The zero-order valence-electron chi connectivity index (χ0n) is 21.2. The first-order valence-electron chi connectivity index (χ1n) is 13.0. The van der Waals surface area contributed by atoms with Crippen molar-refractivity contribution < 1.29 is 19.4 Å². The maximum absolute atomic E-state index is 12.9. The summed E-state index contributed by atoms with van der Waals surface area (Å²) in [5.41, 5.74) is 5.86. The lowest BCUT2D eigenvalue weighted by atomic mass is 9.70. The number of amides is 2. The Bertz CT molecular complexity index is 1450. The van der Waals surface area contributed by atoms with Gasteiger partial charge in [-0.2, -0.15) is 0 Å². The van der Waals surface area contributed by atoms with Crippen LogP contribution in [0.5, 0.6) is 5.75 Å². The highest BCUT2D eigenvalue weighted by molar-refractivity contribution is 6.05. The number of likely N-dealkylation sites (tertiary alicyclic amines) is 1. The largest absolute Gasteiger partial charge is 0.507 e. The number of allylic oxidation sites excluding steroid dienone is 2. The molecule has 2 aliphatic heterocycles. The molecule has 5 heteroatoms. The lowest BCUT2D eigenvalue weighted by Crippen LogP contribution is -2.33. The predicted molar refractivity (Wildman–Crippen MR) is 144 cm³/mol. The summed E-state index contributed by atoms with van der Waals surface area (Å²) in [4.78, 5) is 26.9. The number of ether oxygens (including phenoxy) is 1. The Morgan fingerprint density at radius 3 is 2.49 bits per heavy atom. The van der Waals surface area contributed by atoms with Gasteiger partial charge in [0.2, 0.25) is 11.8 Å². The van der Waals surface area contributed by atoms with E-state index < -0.39 is 0 Å². The topological polar surface area (TPSA) is 66.8 Å². The number of phenolic OH excluding ortho intramolecular Hbond substituents is 1. The molecule has 188 valence electrons. The lowest BCUT2D eigenvalue weighted by Gasteiger charge is -2.30. The molecule has 5 nitrogen and oxygen atoms in total. The number of hydrogen-bond acceptors (Lipinski definition) is 4. The third-order valence-corrected chi connectivity index (χ3v) is 8.46. The highest BCUT2D eigenvalue weighted by Crippen LogP contribution is 2.49. The molecular formula is C32H31NO4. The van der Waals surface area contributed by atoms with E-state index in [4.69, 9.17) is 4.74 Å². The van der Waals surface area contributed by atoms with Gasteiger partial charge in [-0.25, -0.2) is 0 Å². The normalized spacial score (nSPS) is 25.7. The SMILES string of the molecule is CC1=C2[C@@H](CC/C(=C/c3ccc(O)c4ccccc34)c3ccccc3)OC[C@@H]2[C@@H]2C(=O)N(C)C(=O)[C@@H]2C1. The smallest absolute Gasteiger partial charge is 0.233 e. The summed E-state index contributed by atoms with van der Waals surface area (Å²) >= 11 is 0. The molecule has 2 heterocycles. The quantitative estimate of drug-likeness (QED) is 0.276. The number of benzene rings is 3. The van der Waals surface area contributed by atoms with Gasteiger partial charge < -0.3 is 9.84 Å². The van der Waals surface area contributed by atoms with Crippen LogP contribution >= 0.6 is 0 Å². The molecule has 1 aliphatic carbocycles. The van der Waals surface area contributed by atoms with Crippen LogP contribution in [-0.4, -0.2) is 41.6 Å². The fraction of sp³-hybridized carbons (Fsp3) is 0.312. The molecule has 4 atom stereocenters. The number of fused-ring (bicyclic) bond motifs is 4. The Morgan fingerprint density at radius 2 is 1.70 bits per heavy atom. The highest BCUT2D eigenvalue weighted by atomic mass is 16.5. The Morgan fingerprint density at radius 1 is 0.973 bits per heavy atom. The number of hydrogen-bond donors (Lipinski definition) is 1. The molecule has 3 aliphatic rings. The molecule has 0 spiro atoms. The maximum Gasteiger partial charge on any atom is 0.233 e. The molecule has 0 aromatic heterocycles. The van der Waals surface area contributed by atoms with Crippen LogP contribution in [0.2, 0.25) is 0 Å². The second-order valence-corrected chi connectivity index (χ2v) is 10.5. The van der Waals surface area contributed by atoms with Crippen LogP contribution in [0.1, 0.15) is 37.3 Å². The Hall–Kier alpha value is -3.70. The minimum atomic E-state index is -0.284. The summed E-state index contributed by atoms with van der Waals surface area (Å²) in [7, 11) is 1.61. The van der Waals surface area contributed by atoms with Gasteiger partial charge >= 0.3 is 0 Å². The molecular weight excluding hydrogens is 462 g/mol. The fourth-order valence-electron chi connectivity index (χ4n) is 6.65. The number of rotatable bonds is 5. The van der Waals surface area contributed by atoms with Crippen molar-refractivity contribution in [2.75, 3.05) is 13.7 Å². The number of phenols is 1. The molecule has 3 aromatic rings.